The van der Waals surface area contributed by atoms with Gasteiger partial charge in [-0.15, -0.1) is 0 Å². The van der Waals surface area contributed by atoms with Gasteiger partial charge in [0.05, 0.1) is 0 Å². The van der Waals surface area contributed by atoms with Crippen molar-refractivity contribution < 1.29 is 4.79 Å². The number of likely N-dealkylation sites (tertiary alicyclic amines) is 1. The zero-order valence-corrected chi connectivity index (χ0v) is 12.5. The Kier molecular flexibility index (Phi) is 5.64. The Morgan fingerprint density at radius 2 is 2.06 bits per heavy atom. The molecule has 2 N–H and O–H groups in total. The van der Waals surface area contributed by atoms with Crippen molar-refractivity contribution in [3.63, 3.8) is 0 Å². The second-order valence-electron chi connectivity index (χ2n) is 6.87. The lowest BCUT2D eigenvalue weighted by atomic mass is 9.87. The fraction of sp³-hybridized carbons (Fsp3) is 0.933. The van der Waals surface area contributed by atoms with Crippen molar-refractivity contribution in [2.45, 2.75) is 78.3 Å². The highest BCUT2D eigenvalue weighted by molar-refractivity contribution is 5.77. The predicted octanol–water partition coefficient (Wildman–Crippen LogP) is 2.93. The highest BCUT2D eigenvalue weighted by Gasteiger charge is 2.27. The largest absolute Gasteiger partial charge is 0.340 e. The van der Waals surface area contributed by atoms with Crippen LogP contribution in [0.15, 0.2) is 0 Å². The molecule has 0 aromatic heterocycles. The van der Waals surface area contributed by atoms with Crippen LogP contribution in [0.2, 0.25) is 0 Å². The van der Waals surface area contributed by atoms with Crippen LogP contribution in [0.5, 0.6) is 0 Å². The van der Waals surface area contributed by atoms with Crippen LogP contribution < -0.4 is 5.73 Å². The van der Waals surface area contributed by atoms with Crippen molar-refractivity contribution in [3.8, 4) is 0 Å². The van der Waals surface area contributed by atoms with Crippen molar-refractivity contribution in [2.75, 3.05) is 6.54 Å². The van der Waals surface area contributed by atoms with E-state index in [0.717, 1.165) is 32.2 Å². The quantitative estimate of drug-likeness (QED) is 0.838. The Balaban J connectivity index is 2.48. The fourth-order valence-electron chi connectivity index (χ4n) is 2.95. The maximum atomic E-state index is 12.3. The summed E-state index contributed by atoms with van der Waals surface area (Å²) < 4.78 is 0. The van der Waals surface area contributed by atoms with Crippen LogP contribution in [-0.4, -0.2) is 29.4 Å². The van der Waals surface area contributed by atoms with Gasteiger partial charge in [0.2, 0.25) is 5.91 Å². The lowest BCUT2D eigenvalue weighted by Crippen LogP contribution is -2.45. The number of hydrogen-bond donors (Lipinski definition) is 1. The maximum absolute atomic E-state index is 12.3. The molecular formula is C15H30N2O. The summed E-state index contributed by atoms with van der Waals surface area (Å²) in [5.41, 5.74) is 6.31. The molecular weight excluding hydrogens is 224 g/mol. The number of amides is 1. The first kappa shape index (κ1) is 15.5. The number of rotatable bonds is 4. The minimum absolute atomic E-state index is 0.00284. The van der Waals surface area contributed by atoms with Gasteiger partial charge < -0.3 is 10.6 Å². The Morgan fingerprint density at radius 1 is 1.39 bits per heavy atom. The van der Waals surface area contributed by atoms with Crippen LogP contribution in [0.1, 0.15) is 66.2 Å². The van der Waals surface area contributed by atoms with Gasteiger partial charge in [-0.3, -0.25) is 4.79 Å². The molecule has 3 heteroatoms. The summed E-state index contributed by atoms with van der Waals surface area (Å²) in [7, 11) is 0. The molecule has 0 bridgehead atoms. The van der Waals surface area contributed by atoms with Crippen LogP contribution in [0.25, 0.3) is 0 Å². The normalized spacial score (nSPS) is 22.9. The van der Waals surface area contributed by atoms with E-state index < -0.39 is 0 Å². The third-order valence-corrected chi connectivity index (χ3v) is 3.73. The molecule has 1 saturated heterocycles. The minimum atomic E-state index is -0.00284. The number of piperidine rings is 1. The van der Waals surface area contributed by atoms with Crippen LogP contribution in [0, 0.1) is 5.41 Å². The predicted molar refractivity (Wildman–Crippen MR) is 76.3 cm³/mol. The number of carbonyl (C=O) groups excluding carboxylic acids is 1. The van der Waals surface area contributed by atoms with Crippen molar-refractivity contribution in [1.29, 1.82) is 0 Å². The molecule has 0 aromatic rings. The Bertz CT molecular complexity index is 270. The SMILES string of the molecule is CCC1CCCCN1C(=O)CC(N)CC(C)(C)C. The number of carbonyl (C=O) groups is 1. The van der Waals surface area contributed by atoms with E-state index in [1.54, 1.807) is 0 Å². The first-order valence-electron chi connectivity index (χ1n) is 7.38. The van der Waals surface area contributed by atoms with Gasteiger partial charge in [0.25, 0.3) is 0 Å². The number of nitrogens with two attached hydrogens (primary N) is 1. The molecule has 1 rings (SSSR count). The lowest BCUT2D eigenvalue weighted by Gasteiger charge is -2.36. The van der Waals surface area contributed by atoms with Gasteiger partial charge in [-0.25, -0.2) is 0 Å². The molecule has 0 radical (unpaired) electrons. The molecule has 0 spiro atoms. The molecule has 18 heavy (non-hydrogen) atoms. The molecule has 106 valence electrons. The summed E-state index contributed by atoms with van der Waals surface area (Å²) in [5.74, 6) is 0.262. The summed E-state index contributed by atoms with van der Waals surface area (Å²) in [6.45, 7) is 9.62. The second kappa shape index (κ2) is 6.55. The molecule has 1 aliphatic rings. The van der Waals surface area contributed by atoms with Crippen molar-refractivity contribution >= 4 is 5.91 Å². The van der Waals surface area contributed by atoms with E-state index in [2.05, 4.69) is 32.6 Å². The van der Waals surface area contributed by atoms with Gasteiger partial charge in [-0.1, -0.05) is 27.7 Å². The molecule has 2 atom stereocenters. The maximum Gasteiger partial charge on any atom is 0.224 e. The minimum Gasteiger partial charge on any atom is -0.340 e. The van der Waals surface area contributed by atoms with E-state index in [9.17, 15) is 4.79 Å². The van der Waals surface area contributed by atoms with Gasteiger partial charge in [0.1, 0.15) is 0 Å². The zero-order chi connectivity index (χ0) is 13.8. The van der Waals surface area contributed by atoms with E-state index in [-0.39, 0.29) is 17.4 Å². The summed E-state index contributed by atoms with van der Waals surface area (Å²) in [4.78, 5) is 14.4. The monoisotopic (exact) mass is 254 g/mol. The van der Waals surface area contributed by atoms with Crippen molar-refractivity contribution in [3.05, 3.63) is 0 Å². The Morgan fingerprint density at radius 3 is 2.61 bits per heavy atom. The molecule has 2 unspecified atom stereocenters. The van der Waals surface area contributed by atoms with Crippen LogP contribution in [0.3, 0.4) is 0 Å². The number of hydrogen-bond acceptors (Lipinski definition) is 2. The zero-order valence-electron chi connectivity index (χ0n) is 12.5. The van der Waals surface area contributed by atoms with Crippen molar-refractivity contribution in [1.82, 2.24) is 4.90 Å². The average molecular weight is 254 g/mol. The van der Waals surface area contributed by atoms with E-state index in [1.807, 2.05) is 0 Å². The van der Waals surface area contributed by atoms with Gasteiger partial charge in [-0.2, -0.15) is 0 Å². The molecule has 1 amide bonds. The molecule has 1 fully saturated rings. The highest BCUT2D eigenvalue weighted by Crippen LogP contribution is 2.24. The van der Waals surface area contributed by atoms with Crippen LogP contribution in [-0.2, 0) is 4.79 Å². The first-order chi connectivity index (χ1) is 8.33. The Hall–Kier alpha value is -0.570. The molecule has 0 aromatic carbocycles. The third kappa shape index (κ3) is 4.97. The molecule has 1 heterocycles. The summed E-state index contributed by atoms with van der Waals surface area (Å²) >= 11 is 0. The van der Waals surface area contributed by atoms with E-state index in [0.29, 0.717) is 12.5 Å². The molecule has 1 aliphatic heterocycles. The van der Waals surface area contributed by atoms with Gasteiger partial charge in [-0.05, 0) is 37.5 Å². The molecule has 3 nitrogen and oxygen atoms in total. The second-order valence-corrected chi connectivity index (χ2v) is 6.87. The van der Waals surface area contributed by atoms with Gasteiger partial charge in [0, 0.05) is 25.0 Å². The third-order valence-electron chi connectivity index (χ3n) is 3.73. The topological polar surface area (TPSA) is 46.3 Å². The molecule has 0 aliphatic carbocycles. The highest BCUT2D eigenvalue weighted by atomic mass is 16.2. The fourth-order valence-corrected chi connectivity index (χ4v) is 2.95. The summed E-state index contributed by atoms with van der Waals surface area (Å²) in [5, 5.41) is 0. The van der Waals surface area contributed by atoms with Crippen LogP contribution >= 0.6 is 0 Å². The van der Waals surface area contributed by atoms with Crippen molar-refractivity contribution in [2.24, 2.45) is 11.1 Å². The number of nitrogens with zero attached hydrogens (tertiary/aromatic N) is 1. The Labute approximate surface area is 112 Å². The van der Waals surface area contributed by atoms with Crippen LogP contribution in [0.4, 0.5) is 0 Å². The summed E-state index contributed by atoms with van der Waals surface area (Å²) in [6, 6.07) is 0.449. The standard InChI is InChI=1S/C15H30N2O/c1-5-13-8-6-7-9-17(13)14(18)10-12(16)11-15(2,3)4/h12-13H,5-11,16H2,1-4H3. The first-order valence-corrected chi connectivity index (χ1v) is 7.38. The van der Waals surface area contributed by atoms with Gasteiger partial charge in [0.15, 0.2) is 0 Å². The lowest BCUT2D eigenvalue weighted by molar-refractivity contribution is -0.135. The molecule has 0 saturated carbocycles. The van der Waals surface area contributed by atoms with Gasteiger partial charge >= 0.3 is 0 Å². The van der Waals surface area contributed by atoms with E-state index in [4.69, 9.17) is 5.73 Å². The average Bonchev–Trinajstić information content (AvgIpc) is 2.26. The van der Waals surface area contributed by atoms with E-state index >= 15 is 0 Å². The smallest absolute Gasteiger partial charge is 0.224 e. The van der Waals surface area contributed by atoms with E-state index in [1.165, 1.54) is 6.42 Å². The summed E-state index contributed by atoms with van der Waals surface area (Å²) in [6.07, 6.45) is 6.06.